The first-order chi connectivity index (χ1) is 11.0. The number of carbonyl (C=O) groups is 1. The van der Waals surface area contributed by atoms with Gasteiger partial charge in [-0.3, -0.25) is 10.1 Å². The van der Waals surface area contributed by atoms with E-state index in [1.165, 1.54) is 0 Å². The Labute approximate surface area is 132 Å². The lowest BCUT2D eigenvalue weighted by Gasteiger charge is -2.34. The van der Waals surface area contributed by atoms with Gasteiger partial charge in [0, 0.05) is 25.8 Å². The predicted molar refractivity (Wildman–Crippen MR) is 81.0 cm³/mol. The SMILES string of the molecule is CCOC(=O)c1cc([N+](=O)[O-])cc(F)c1N1CCC[C@@H](CO)C1. The van der Waals surface area contributed by atoms with Crippen LogP contribution in [0.2, 0.25) is 0 Å². The number of halogens is 1. The number of anilines is 1. The minimum atomic E-state index is -0.833. The van der Waals surface area contributed by atoms with Crippen molar-refractivity contribution in [2.75, 3.05) is 31.2 Å². The van der Waals surface area contributed by atoms with Crippen LogP contribution in [0.15, 0.2) is 12.1 Å². The zero-order chi connectivity index (χ0) is 17.0. The van der Waals surface area contributed by atoms with Crippen molar-refractivity contribution in [2.24, 2.45) is 5.92 Å². The van der Waals surface area contributed by atoms with Crippen molar-refractivity contribution < 1.29 is 24.0 Å². The zero-order valence-corrected chi connectivity index (χ0v) is 12.8. The topological polar surface area (TPSA) is 92.9 Å². The fourth-order valence-corrected chi connectivity index (χ4v) is 2.79. The van der Waals surface area contributed by atoms with Crippen molar-refractivity contribution in [3.05, 3.63) is 33.6 Å². The van der Waals surface area contributed by atoms with Gasteiger partial charge >= 0.3 is 5.97 Å². The Balaban J connectivity index is 2.47. The van der Waals surface area contributed by atoms with Crippen LogP contribution >= 0.6 is 0 Å². The van der Waals surface area contributed by atoms with Gasteiger partial charge in [0.1, 0.15) is 0 Å². The maximum absolute atomic E-state index is 14.5. The molecule has 0 radical (unpaired) electrons. The minimum absolute atomic E-state index is 0.00667. The molecule has 2 rings (SSSR count). The van der Waals surface area contributed by atoms with E-state index in [-0.39, 0.29) is 30.4 Å². The van der Waals surface area contributed by atoms with Crippen LogP contribution < -0.4 is 4.90 Å². The highest BCUT2D eigenvalue weighted by molar-refractivity contribution is 5.97. The molecule has 1 N–H and O–H groups in total. The number of carbonyl (C=O) groups excluding carboxylic acids is 1. The van der Waals surface area contributed by atoms with Crippen molar-refractivity contribution in [3.8, 4) is 0 Å². The smallest absolute Gasteiger partial charge is 0.340 e. The molecule has 0 amide bonds. The minimum Gasteiger partial charge on any atom is -0.462 e. The first-order valence-corrected chi connectivity index (χ1v) is 7.48. The average molecular weight is 326 g/mol. The lowest BCUT2D eigenvalue weighted by atomic mass is 9.97. The van der Waals surface area contributed by atoms with Crippen molar-refractivity contribution in [1.29, 1.82) is 0 Å². The number of esters is 1. The number of aliphatic hydroxyl groups excluding tert-OH is 1. The second-order valence-electron chi connectivity index (χ2n) is 5.44. The second-order valence-corrected chi connectivity index (χ2v) is 5.44. The standard InChI is InChI=1S/C15H19FN2O5/c1-2-23-15(20)12-6-11(18(21)22)7-13(16)14(12)17-5-3-4-10(8-17)9-19/h6-7,10,19H,2-5,8-9H2,1H3/t10-/m1/s1. The summed E-state index contributed by atoms with van der Waals surface area (Å²) in [6.45, 7) is 2.56. The van der Waals surface area contributed by atoms with Crippen LogP contribution in [0.4, 0.5) is 15.8 Å². The van der Waals surface area contributed by atoms with Crippen LogP contribution in [0.25, 0.3) is 0 Å². The van der Waals surface area contributed by atoms with E-state index in [2.05, 4.69) is 0 Å². The molecule has 1 saturated heterocycles. The van der Waals surface area contributed by atoms with Gasteiger partial charge in [0.25, 0.3) is 5.69 Å². The Morgan fingerprint density at radius 3 is 2.91 bits per heavy atom. The largest absolute Gasteiger partial charge is 0.462 e. The summed E-state index contributed by atoms with van der Waals surface area (Å²) in [5.41, 5.74) is -0.644. The first-order valence-electron chi connectivity index (χ1n) is 7.48. The normalized spacial score (nSPS) is 17.9. The second kappa shape index (κ2) is 7.36. The lowest BCUT2D eigenvalue weighted by Crippen LogP contribution is -2.38. The molecule has 0 bridgehead atoms. The van der Waals surface area contributed by atoms with E-state index >= 15 is 0 Å². The Bertz CT molecular complexity index is 608. The van der Waals surface area contributed by atoms with Crippen LogP contribution in [-0.4, -0.2) is 42.3 Å². The average Bonchev–Trinajstić information content (AvgIpc) is 2.54. The number of hydrogen-bond acceptors (Lipinski definition) is 6. The Morgan fingerprint density at radius 1 is 1.57 bits per heavy atom. The van der Waals surface area contributed by atoms with Gasteiger partial charge in [-0.15, -0.1) is 0 Å². The van der Waals surface area contributed by atoms with E-state index in [4.69, 9.17) is 4.74 Å². The molecule has 1 aromatic rings. The molecule has 1 atom stereocenters. The zero-order valence-electron chi connectivity index (χ0n) is 12.8. The molecule has 1 fully saturated rings. The molecule has 0 unspecified atom stereocenters. The van der Waals surface area contributed by atoms with Crippen molar-refractivity contribution in [1.82, 2.24) is 0 Å². The molecular weight excluding hydrogens is 307 g/mol. The molecule has 0 saturated carbocycles. The van der Waals surface area contributed by atoms with Gasteiger partial charge in [-0.05, 0) is 25.7 Å². The highest BCUT2D eigenvalue weighted by Crippen LogP contribution is 2.33. The number of nitro groups is 1. The van der Waals surface area contributed by atoms with Gasteiger partial charge in [-0.1, -0.05) is 0 Å². The third kappa shape index (κ3) is 3.76. The van der Waals surface area contributed by atoms with Gasteiger partial charge in [0.2, 0.25) is 0 Å². The lowest BCUT2D eigenvalue weighted by molar-refractivity contribution is -0.385. The molecule has 7 nitrogen and oxygen atoms in total. The van der Waals surface area contributed by atoms with Gasteiger partial charge in [-0.25, -0.2) is 9.18 Å². The quantitative estimate of drug-likeness (QED) is 0.506. The maximum atomic E-state index is 14.5. The fraction of sp³-hybridized carbons (Fsp3) is 0.533. The van der Waals surface area contributed by atoms with E-state index in [1.54, 1.807) is 11.8 Å². The number of piperidine rings is 1. The third-order valence-electron chi connectivity index (χ3n) is 3.85. The summed E-state index contributed by atoms with van der Waals surface area (Å²) < 4.78 is 19.4. The molecule has 126 valence electrons. The predicted octanol–water partition coefficient (Wildman–Crippen LogP) is 2.12. The summed E-state index contributed by atoms with van der Waals surface area (Å²) in [6, 6.07) is 1.85. The van der Waals surface area contributed by atoms with Crippen LogP contribution in [0.3, 0.4) is 0 Å². The monoisotopic (exact) mass is 326 g/mol. The fourth-order valence-electron chi connectivity index (χ4n) is 2.79. The molecule has 1 aliphatic heterocycles. The number of hydrogen-bond donors (Lipinski definition) is 1. The summed E-state index contributed by atoms with van der Waals surface area (Å²) in [7, 11) is 0. The number of rotatable bonds is 5. The van der Waals surface area contributed by atoms with E-state index in [9.17, 15) is 24.4 Å². The molecule has 0 aromatic heterocycles. The molecule has 1 heterocycles. The summed E-state index contributed by atoms with van der Waals surface area (Å²) in [4.78, 5) is 23.9. The van der Waals surface area contributed by atoms with Gasteiger partial charge in [-0.2, -0.15) is 0 Å². The molecule has 0 spiro atoms. The molecular formula is C15H19FN2O5. The summed E-state index contributed by atoms with van der Waals surface area (Å²) in [5, 5.41) is 20.2. The maximum Gasteiger partial charge on any atom is 0.340 e. The van der Waals surface area contributed by atoms with Gasteiger partial charge in [0.15, 0.2) is 5.82 Å². The summed E-state index contributed by atoms with van der Waals surface area (Å²) in [5.74, 6) is -1.65. The number of non-ortho nitro benzene ring substituents is 1. The van der Waals surface area contributed by atoms with Gasteiger partial charge < -0.3 is 14.7 Å². The number of benzene rings is 1. The Morgan fingerprint density at radius 2 is 2.30 bits per heavy atom. The molecule has 8 heteroatoms. The van der Waals surface area contributed by atoms with E-state index < -0.39 is 22.4 Å². The van der Waals surface area contributed by atoms with Crippen molar-refractivity contribution in [3.63, 3.8) is 0 Å². The van der Waals surface area contributed by atoms with Crippen LogP contribution in [-0.2, 0) is 4.74 Å². The summed E-state index contributed by atoms with van der Waals surface area (Å²) >= 11 is 0. The van der Waals surface area contributed by atoms with Crippen LogP contribution in [0, 0.1) is 21.8 Å². The highest BCUT2D eigenvalue weighted by Gasteiger charge is 2.29. The van der Waals surface area contributed by atoms with Crippen LogP contribution in [0.5, 0.6) is 0 Å². The number of nitrogens with zero attached hydrogens (tertiary/aromatic N) is 2. The van der Waals surface area contributed by atoms with E-state index in [0.717, 1.165) is 25.0 Å². The number of ether oxygens (including phenoxy) is 1. The Kier molecular flexibility index (Phi) is 5.49. The third-order valence-corrected chi connectivity index (χ3v) is 3.85. The molecule has 0 aliphatic carbocycles. The molecule has 1 aromatic carbocycles. The van der Waals surface area contributed by atoms with Gasteiger partial charge in [0.05, 0.1) is 28.8 Å². The van der Waals surface area contributed by atoms with E-state index in [0.29, 0.717) is 13.1 Å². The van der Waals surface area contributed by atoms with Crippen molar-refractivity contribution >= 4 is 17.3 Å². The Hall–Kier alpha value is -2.22. The number of nitro benzene ring substituents is 1. The highest BCUT2D eigenvalue weighted by atomic mass is 19.1. The summed E-state index contributed by atoms with van der Waals surface area (Å²) in [6.07, 6.45) is 1.56. The van der Waals surface area contributed by atoms with Crippen molar-refractivity contribution in [2.45, 2.75) is 19.8 Å². The van der Waals surface area contributed by atoms with Crippen LogP contribution in [0.1, 0.15) is 30.1 Å². The molecule has 23 heavy (non-hydrogen) atoms. The van der Waals surface area contributed by atoms with E-state index in [1.807, 2.05) is 0 Å². The number of aliphatic hydroxyl groups is 1. The molecule has 1 aliphatic rings. The first kappa shape index (κ1) is 17.1.